The molecular formula is C46H40N4. The molecule has 4 saturated carbocycles. The number of para-hydroxylation sites is 2. The zero-order valence-electron chi connectivity index (χ0n) is 28.4. The molecule has 0 N–H and O–H groups in total. The van der Waals surface area contributed by atoms with Crippen molar-refractivity contribution >= 4 is 59.9 Å². The van der Waals surface area contributed by atoms with Gasteiger partial charge < -0.3 is 8.97 Å². The fourth-order valence-electron chi connectivity index (χ4n) is 14.1. The number of nitrogens with zero attached hydrogens (tertiary/aromatic N) is 4. The van der Waals surface area contributed by atoms with Gasteiger partial charge in [0.25, 0.3) is 0 Å². The van der Waals surface area contributed by atoms with Crippen molar-refractivity contribution in [1.82, 2.24) is 18.9 Å². The van der Waals surface area contributed by atoms with Gasteiger partial charge in [0.15, 0.2) is 0 Å². The molecule has 8 aliphatic carbocycles. The SMILES string of the molecule is c1ccc(-n2c3ccccc3c3c4c5c6c(ncc5n5c7cnc8c(c7c(cc32)c45)C2CC3CC(CC8C3)C2)C2CC3CC(C2)CC6C3)cc1. The summed E-state index contributed by atoms with van der Waals surface area (Å²) in [5, 5.41) is 8.76. The third-order valence-electron chi connectivity index (χ3n) is 15.3. The molecule has 50 heavy (non-hydrogen) atoms. The van der Waals surface area contributed by atoms with Crippen LogP contribution in [0.25, 0.3) is 65.6 Å². The van der Waals surface area contributed by atoms with E-state index in [4.69, 9.17) is 9.97 Å². The van der Waals surface area contributed by atoms with Crippen LogP contribution in [-0.2, 0) is 0 Å². The lowest BCUT2D eigenvalue weighted by Gasteiger charge is -2.38. The van der Waals surface area contributed by atoms with Crippen LogP contribution >= 0.6 is 0 Å². The molecule has 3 aromatic carbocycles. The molecule has 0 saturated heterocycles. The zero-order chi connectivity index (χ0) is 32.0. The predicted octanol–water partition coefficient (Wildman–Crippen LogP) is 11.5. The van der Waals surface area contributed by atoms with Gasteiger partial charge in [0.1, 0.15) is 0 Å². The number of benzene rings is 3. The van der Waals surface area contributed by atoms with Crippen molar-refractivity contribution in [3.05, 3.63) is 95.6 Å². The molecule has 4 nitrogen and oxygen atoms in total. The summed E-state index contributed by atoms with van der Waals surface area (Å²) in [4.78, 5) is 11.0. The molecular weight excluding hydrogens is 609 g/mol. The Balaban J connectivity index is 1.24. The quantitative estimate of drug-likeness (QED) is 0.178. The fraction of sp³-hybridized carbons (Fsp3) is 0.391. The predicted molar refractivity (Wildman–Crippen MR) is 202 cm³/mol. The van der Waals surface area contributed by atoms with Gasteiger partial charge in [-0.1, -0.05) is 36.4 Å². The van der Waals surface area contributed by atoms with E-state index in [2.05, 4.69) is 82.0 Å². The minimum Gasteiger partial charge on any atom is -0.309 e. The molecule has 4 atom stereocenters. The first-order valence-corrected chi connectivity index (χ1v) is 19.8. The zero-order valence-corrected chi connectivity index (χ0v) is 28.4. The van der Waals surface area contributed by atoms with Crippen LogP contribution in [-0.4, -0.2) is 18.9 Å². The van der Waals surface area contributed by atoms with Gasteiger partial charge in [-0.2, -0.15) is 0 Å². The number of hydrogen-bond donors (Lipinski definition) is 0. The van der Waals surface area contributed by atoms with E-state index in [0.717, 1.165) is 23.7 Å². The molecule has 0 aliphatic heterocycles. The molecule has 5 aromatic heterocycles. The Morgan fingerprint density at radius 2 is 1.02 bits per heavy atom. The fourth-order valence-corrected chi connectivity index (χ4v) is 14.1. The lowest BCUT2D eigenvalue weighted by atomic mass is 9.67. The first kappa shape index (κ1) is 26.4. The highest BCUT2D eigenvalue weighted by Crippen LogP contribution is 2.61. The lowest BCUT2D eigenvalue weighted by Crippen LogP contribution is -2.25. The number of rotatable bonds is 1. The van der Waals surface area contributed by atoms with Gasteiger partial charge in [0.05, 0.1) is 40.0 Å². The minimum atomic E-state index is 0.617. The van der Waals surface area contributed by atoms with Crippen molar-refractivity contribution in [2.75, 3.05) is 0 Å². The molecule has 8 aromatic rings. The Kier molecular flexibility index (Phi) is 4.69. The second kappa shape index (κ2) is 8.88. The van der Waals surface area contributed by atoms with Crippen LogP contribution in [0.2, 0.25) is 0 Å². The number of pyridine rings is 2. The summed E-state index contributed by atoms with van der Waals surface area (Å²) in [6, 6.07) is 23.0. The van der Waals surface area contributed by atoms with Gasteiger partial charge in [-0.05, 0) is 135 Å². The minimum absolute atomic E-state index is 0.617. The van der Waals surface area contributed by atoms with Crippen molar-refractivity contribution in [2.45, 2.75) is 87.9 Å². The third kappa shape index (κ3) is 3.06. The molecule has 4 unspecified atom stereocenters. The summed E-state index contributed by atoms with van der Waals surface area (Å²) >= 11 is 0. The molecule has 0 radical (unpaired) electrons. The average molecular weight is 649 g/mol. The Morgan fingerprint density at radius 1 is 0.460 bits per heavy atom. The van der Waals surface area contributed by atoms with Gasteiger partial charge in [-0.3, -0.25) is 9.97 Å². The van der Waals surface area contributed by atoms with E-state index in [0.29, 0.717) is 23.7 Å². The third-order valence-corrected chi connectivity index (χ3v) is 15.3. The molecule has 8 aliphatic rings. The van der Waals surface area contributed by atoms with Gasteiger partial charge in [0, 0.05) is 61.2 Å². The molecule has 244 valence electrons. The van der Waals surface area contributed by atoms with Crippen molar-refractivity contribution in [1.29, 1.82) is 0 Å². The second-order valence-corrected chi connectivity index (χ2v) is 17.8. The molecule has 8 bridgehead atoms. The topological polar surface area (TPSA) is 35.1 Å². The molecule has 16 rings (SSSR count). The number of aromatic nitrogens is 4. The first-order chi connectivity index (χ1) is 24.7. The first-order valence-electron chi connectivity index (χ1n) is 19.8. The smallest absolute Gasteiger partial charge is 0.0728 e. The molecule has 4 heteroatoms. The highest BCUT2D eigenvalue weighted by molar-refractivity contribution is 6.36. The largest absolute Gasteiger partial charge is 0.309 e. The standard InChI is InChI=1S/C46H40N4/c1-2-6-31(7-3-1)49-34-9-5-4-8-32(34)40-35(49)20-33-41-36(21-47-44-29-16-23-10-24(17-29)13-27(12-23)38(41)44)50-37-22-48-45-30-18-25-11-26(19-30)15-28(14-25)39(45)42(37)43(40)46(33)50/h1-9,20-30H,10-19H2. The van der Waals surface area contributed by atoms with E-state index in [1.807, 2.05) is 0 Å². The van der Waals surface area contributed by atoms with Crippen LogP contribution in [0.1, 0.15) is 110 Å². The van der Waals surface area contributed by atoms with Crippen LogP contribution in [0.15, 0.2) is 73.1 Å². The summed E-state index contributed by atoms with van der Waals surface area (Å²) in [6.07, 6.45) is 18.3. The van der Waals surface area contributed by atoms with Gasteiger partial charge in [0.2, 0.25) is 0 Å². The Hall–Kier alpha value is -4.44. The summed E-state index contributed by atoms with van der Waals surface area (Å²) in [5.41, 5.74) is 14.1. The summed E-state index contributed by atoms with van der Waals surface area (Å²) < 4.78 is 5.23. The molecule has 4 fully saturated rings. The van der Waals surface area contributed by atoms with Gasteiger partial charge >= 0.3 is 0 Å². The van der Waals surface area contributed by atoms with Gasteiger partial charge in [-0.25, -0.2) is 0 Å². The van der Waals surface area contributed by atoms with E-state index >= 15 is 0 Å². The molecule has 5 heterocycles. The number of hydrogen-bond acceptors (Lipinski definition) is 2. The van der Waals surface area contributed by atoms with Crippen LogP contribution in [0.4, 0.5) is 0 Å². The average Bonchev–Trinajstić information content (AvgIpc) is 3.68. The van der Waals surface area contributed by atoms with E-state index < -0.39 is 0 Å². The highest BCUT2D eigenvalue weighted by Gasteiger charge is 2.46. The Morgan fingerprint density at radius 3 is 1.68 bits per heavy atom. The van der Waals surface area contributed by atoms with E-state index in [1.165, 1.54) is 141 Å². The van der Waals surface area contributed by atoms with Gasteiger partial charge in [-0.15, -0.1) is 0 Å². The monoisotopic (exact) mass is 648 g/mol. The summed E-state index contributed by atoms with van der Waals surface area (Å²) in [6.45, 7) is 0. The maximum absolute atomic E-state index is 5.53. The van der Waals surface area contributed by atoms with Crippen LogP contribution in [0.3, 0.4) is 0 Å². The Labute approximate surface area is 290 Å². The van der Waals surface area contributed by atoms with E-state index in [1.54, 1.807) is 11.1 Å². The van der Waals surface area contributed by atoms with E-state index in [9.17, 15) is 0 Å². The maximum Gasteiger partial charge on any atom is 0.0728 e. The second-order valence-electron chi connectivity index (χ2n) is 17.8. The van der Waals surface area contributed by atoms with Crippen molar-refractivity contribution in [3.63, 3.8) is 0 Å². The summed E-state index contributed by atoms with van der Waals surface area (Å²) in [5.74, 6) is 5.97. The van der Waals surface area contributed by atoms with Crippen molar-refractivity contribution in [3.8, 4) is 5.69 Å². The van der Waals surface area contributed by atoms with Crippen molar-refractivity contribution in [2.24, 2.45) is 23.7 Å². The van der Waals surface area contributed by atoms with E-state index in [-0.39, 0.29) is 0 Å². The lowest BCUT2D eigenvalue weighted by molar-refractivity contribution is 0.165. The molecule has 0 spiro atoms. The Bertz CT molecular complexity index is 2760. The summed E-state index contributed by atoms with van der Waals surface area (Å²) in [7, 11) is 0. The number of fused-ring (bicyclic) bond motifs is 10. The van der Waals surface area contributed by atoms with Crippen molar-refractivity contribution < 1.29 is 0 Å². The van der Waals surface area contributed by atoms with Crippen LogP contribution < -0.4 is 0 Å². The molecule has 0 amide bonds. The van der Waals surface area contributed by atoms with Crippen LogP contribution in [0, 0.1) is 23.7 Å². The highest BCUT2D eigenvalue weighted by atomic mass is 15.0. The maximum atomic E-state index is 5.53. The normalized spacial score (nSPS) is 30.8. The van der Waals surface area contributed by atoms with Crippen LogP contribution in [0.5, 0.6) is 0 Å².